The minimum Gasteiger partial charge on any atom is -0.490 e. The van der Waals surface area contributed by atoms with Crippen LogP contribution in [0.2, 0.25) is 0 Å². The second kappa shape index (κ2) is 11.2. The maximum atomic E-state index is 13.4. The van der Waals surface area contributed by atoms with Gasteiger partial charge in [0.1, 0.15) is 6.61 Å². The Morgan fingerprint density at radius 1 is 0.968 bits per heavy atom. The fraction of sp³-hybridized carbons (Fsp3) is 0.308. The van der Waals surface area contributed by atoms with Crippen LogP contribution in [0.3, 0.4) is 0 Å². The highest BCUT2D eigenvalue weighted by Crippen LogP contribution is 2.30. The van der Waals surface area contributed by atoms with Gasteiger partial charge in [0.25, 0.3) is 5.91 Å². The fourth-order valence-electron chi connectivity index (χ4n) is 3.27. The molecule has 0 saturated heterocycles. The molecule has 0 aliphatic heterocycles. The number of ether oxygens (including phenoxy) is 2. The molecule has 0 saturated carbocycles. The molecule has 0 bridgehead atoms. The molecule has 5 nitrogen and oxygen atoms in total. The highest BCUT2D eigenvalue weighted by Gasteiger charge is 2.22. The number of carbonyl (C=O) groups excluding carboxylic acids is 1. The number of aromatic nitrogens is 1. The van der Waals surface area contributed by atoms with Gasteiger partial charge in [-0.05, 0) is 50.1 Å². The number of carbonyl (C=O) groups is 1. The van der Waals surface area contributed by atoms with E-state index in [2.05, 4.69) is 18.8 Å². The van der Waals surface area contributed by atoms with Crippen LogP contribution >= 0.6 is 0 Å². The second-order valence-electron chi connectivity index (χ2n) is 7.42. The largest absolute Gasteiger partial charge is 0.490 e. The Labute approximate surface area is 184 Å². The highest BCUT2D eigenvalue weighted by molar-refractivity contribution is 5.95. The number of hydrogen-bond acceptors (Lipinski definition) is 4. The summed E-state index contributed by atoms with van der Waals surface area (Å²) < 4.78 is 11.7. The Bertz CT molecular complexity index is 961. The minimum atomic E-state index is -0.0158. The van der Waals surface area contributed by atoms with Gasteiger partial charge in [-0.25, -0.2) is 0 Å². The van der Waals surface area contributed by atoms with Crippen molar-refractivity contribution in [1.82, 2.24) is 9.88 Å². The molecule has 3 rings (SSSR count). The van der Waals surface area contributed by atoms with Crippen molar-refractivity contribution in [2.24, 2.45) is 0 Å². The average Bonchev–Trinajstić information content (AvgIpc) is 2.82. The third-order valence-corrected chi connectivity index (χ3v) is 5.19. The summed E-state index contributed by atoms with van der Waals surface area (Å²) in [4.78, 5) is 19.4. The van der Waals surface area contributed by atoms with Crippen LogP contribution in [0.4, 0.5) is 0 Å². The van der Waals surface area contributed by atoms with Gasteiger partial charge in [0, 0.05) is 36.1 Å². The second-order valence-corrected chi connectivity index (χ2v) is 7.42. The molecule has 5 heteroatoms. The number of rotatable bonds is 10. The summed E-state index contributed by atoms with van der Waals surface area (Å²) in [6.45, 7) is 7.53. The molecule has 0 aliphatic carbocycles. The monoisotopic (exact) mass is 418 g/mol. The maximum absolute atomic E-state index is 13.4. The number of hydrogen-bond donors (Lipinski definition) is 0. The third kappa shape index (κ3) is 6.07. The number of pyridine rings is 1. The Morgan fingerprint density at radius 3 is 2.42 bits per heavy atom. The lowest BCUT2D eigenvalue weighted by atomic mass is 10.1. The van der Waals surface area contributed by atoms with E-state index in [0.29, 0.717) is 36.8 Å². The molecule has 1 aromatic heterocycles. The van der Waals surface area contributed by atoms with Crippen LogP contribution in [-0.4, -0.2) is 28.4 Å². The Kier molecular flexibility index (Phi) is 8.05. The minimum absolute atomic E-state index is 0.0158. The molecule has 1 amide bonds. The topological polar surface area (TPSA) is 51.7 Å². The third-order valence-electron chi connectivity index (χ3n) is 5.19. The first-order chi connectivity index (χ1) is 15.1. The van der Waals surface area contributed by atoms with Crippen LogP contribution in [0, 0.1) is 0 Å². The van der Waals surface area contributed by atoms with E-state index in [4.69, 9.17) is 9.47 Å². The summed E-state index contributed by atoms with van der Waals surface area (Å²) in [6.07, 6.45) is 4.38. The zero-order valence-corrected chi connectivity index (χ0v) is 18.5. The van der Waals surface area contributed by atoms with Gasteiger partial charge in [-0.3, -0.25) is 9.78 Å². The molecule has 0 N–H and O–H groups in total. The van der Waals surface area contributed by atoms with Crippen LogP contribution < -0.4 is 9.47 Å². The quantitative estimate of drug-likeness (QED) is 0.436. The molecule has 1 atom stereocenters. The summed E-state index contributed by atoms with van der Waals surface area (Å²) in [5.74, 6) is 1.17. The molecule has 2 aromatic carbocycles. The first kappa shape index (κ1) is 22.3. The Balaban J connectivity index is 1.81. The summed E-state index contributed by atoms with van der Waals surface area (Å²) in [5.41, 5.74) is 2.67. The molecule has 3 aromatic rings. The van der Waals surface area contributed by atoms with E-state index < -0.39 is 0 Å². The zero-order valence-electron chi connectivity index (χ0n) is 18.5. The van der Waals surface area contributed by atoms with Crippen molar-refractivity contribution in [1.29, 1.82) is 0 Å². The van der Waals surface area contributed by atoms with Gasteiger partial charge in [-0.15, -0.1) is 0 Å². The number of amides is 1. The first-order valence-corrected chi connectivity index (χ1v) is 10.8. The summed E-state index contributed by atoms with van der Waals surface area (Å²) in [5, 5.41) is 0. The molecular weight excluding hydrogens is 388 g/mol. The van der Waals surface area contributed by atoms with E-state index in [9.17, 15) is 4.79 Å². The van der Waals surface area contributed by atoms with E-state index in [1.807, 2.05) is 66.4 Å². The lowest BCUT2D eigenvalue weighted by Gasteiger charge is -2.29. The Hall–Kier alpha value is -3.34. The number of benzene rings is 2. The molecule has 0 radical (unpaired) electrons. The lowest BCUT2D eigenvalue weighted by molar-refractivity contribution is 0.0671. The predicted octanol–water partition coefficient (Wildman–Crippen LogP) is 5.50. The molecule has 1 heterocycles. The smallest absolute Gasteiger partial charge is 0.254 e. The summed E-state index contributed by atoms with van der Waals surface area (Å²) in [7, 11) is 0. The van der Waals surface area contributed by atoms with E-state index in [1.54, 1.807) is 18.5 Å². The molecule has 162 valence electrons. The van der Waals surface area contributed by atoms with E-state index >= 15 is 0 Å². The summed E-state index contributed by atoms with van der Waals surface area (Å²) >= 11 is 0. The Morgan fingerprint density at radius 2 is 1.74 bits per heavy atom. The summed E-state index contributed by atoms with van der Waals surface area (Å²) in [6, 6.07) is 19.4. The van der Waals surface area contributed by atoms with Gasteiger partial charge in [0.05, 0.1) is 6.61 Å². The molecule has 0 fully saturated rings. The standard InChI is InChI=1S/C26H30N2O3/c1-4-20(3)28(18-21-10-7-6-8-11-21)26(29)23-13-14-24(25(16-23)30-5-2)31-19-22-12-9-15-27-17-22/h6-17,20H,4-5,18-19H2,1-3H3. The van der Waals surface area contributed by atoms with Gasteiger partial charge >= 0.3 is 0 Å². The van der Waals surface area contributed by atoms with Gasteiger partial charge in [0.15, 0.2) is 11.5 Å². The van der Waals surface area contributed by atoms with Crippen LogP contribution in [0.1, 0.15) is 48.7 Å². The first-order valence-electron chi connectivity index (χ1n) is 10.8. The van der Waals surface area contributed by atoms with Gasteiger partial charge in [-0.2, -0.15) is 0 Å². The maximum Gasteiger partial charge on any atom is 0.254 e. The van der Waals surface area contributed by atoms with Crippen LogP contribution in [-0.2, 0) is 13.2 Å². The average molecular weight is 419 g/mol. The van der Waals surface area contributed by atoms with Gasteiger partial charge < -0.3 is 14.4 Å². The van der Waals surface area contributed by atoms with E-state index in [0.717, 1.165) is 17.5 Å². The van der Waals surface area contributed by atoms with Crippen LogP contribution in [0.5, 0.6) is 11.5 Å². The van der Waals surface area contributed by atoms with Crippen molar-refractivity contribution in [2.45, 2.75) is 46.4 Å². The molecule has 0 aliphatic rings. The lowest BCUT2D eigenvalue weighted by Crippen LogP contribution is -2.37. The van der Waals surface area contributed by atoms with Crippen molar-refractivity contribution >= 4 is 5.91 Å². The van der Waals surface area contributed by atoms with Crippen molar-refractivity contribution in [2.75, 3.05) is 6.61 Å². The predicted molar refractivity (Wildman–Crippen MR) is 122 cm³/mol. The fourth-order valence-corrected chi connectivity index (χ4v) is 3.27. The SMILES string of the molecule is CCOc1cc(C(=O)N(Cc2ccccc2)C(C)CC)ccc1OCc1cccnc1. The van der Waals surface area contributed by atoms with Gasteiger partial charge in [0.2, 0.25) is 0 Å². The molecular formula is C26H30N2O3. The van der Waals surface area contributed by atoms with Crippen molar-refractivity contribution in [3.8, 4) is 11.5 Å². The van der Waals surface area contributed by atoms with E-state index in [-0.39, 0.29) is 11.9 Å². The highest BCUT2D eigenvalue weighted by atomic mass is 16.5. The molecule has 31 heavy (non-hydrogen) atoms. The van der Waals surface area contributed by atoms with Crippen LogP contribution in [0.15, 0.2) is 73.1 Å². The van der Waals surface area contributed by atoms with Crippen molar-refractivity contribution in [3.63, 3.8) is 0 Å². The van der Waals surface area contributed by atoms with Crippen molar-refractivity contribution < 1.29 is 14.3 Å². The van der Waals surface area contributed by atoms with E-state index in [1.165, 1.54) is 0 Å². The van der Waals surface area contributed by atoms with Crippen molar-refractivity contribution in [3.05, 3.63) is 89.7 Å². The number of nitrogens with zero attached hydrogens (tertiary/aromatic N) is 2. The normalized spacial score (nSPS) is 11.6. The zero-order chi connectivity index (χ0) is 22.1. The molecule has 0 spiro atoms. The van der Waals surface area contributed by atoms with Crippen LogP contribution in [0.25, 0.3) is 0 Å². The van der Waals surface area contributed by atoms with Gasteiger partial charge in [-0.1, -0.05) is 43.3 Å². The molecule has 1 unspecified atom stereocenters.